The molecule has 0 bridgehead atoms. The largest absolute Gasteiger partial charge is 0.393 e. The Morgan fingerprint density at radius 1 is 1.27 bits per heavy atom. The Labute approximate surface area is 135 Å². The molecule has 2 heteroatoms. The molecule has 0 unspecified atom stereocenters. The maximum Gasteiger partial charge on any atom is 0.0594 e. The van der Waals surface area contributed by atoms with Gasteiger partial charge in [-0.3, -0.25) is 0 Å². The maximum atomic E-state index is 10.9. The number of fused-ring (bicyclic) bond motifs is 3. The number of hydrogen-bond donors (Lipinski definition) is 2. The summed E-state index contributed by atoms with van der Waals surface area (Å²) in [6.07, 6.45) is 7.67. The number of aliphatic hydroxyl groups excluding tert-OH is 2. The quantitative estimate of drug-likeness (QED) is 0.770. The van der Waals surface area contributed by atoms with Crippen molar-refractivity contribution in [2.45, 2.75) is 65.6 Å². The molecular formula is C20H32O2. The SMILES string of the molecule is C=CC1=CC[C@H]2[C@@H]([C@@H](O)C[C@H]3C(C)(C)[C@@H](O)CC[C@]23C)[C@H]1C. The molecule has 2 N–H and O–H groups in total. The Hall–Kier alpha value is -0.600. The van der Waals surface area contributed by atoms with Gasteiger partial charge in [-0.25, -0.2) is 0 Å². The summed E-state index contributed by atoms with van der Waals surface area (Å²) in [5, 5.41) is 21.4. The van der Waals surface area contributed by atoms with Gasteiger partial charge in [0.2, 0.25) is 0 Å². The van der Waals surface area contributed by atoms with Crippen LogP contribution in [0.1, 0.15) is 53.4 Å². The van der Waals surface area contributed by atoms with Gasteiger partial charge >= 0.3 is 0 Å². The predicted octanol–water partition coefficient (Wildman–Crippen LogP) is 3.94. The average molecular weight is 304 g/mol. The van der Waals surface area contributed by atoms with Crippen molar-refractivity contribution < 1.29 is 10.2 Å². The van der Waals surface area contributed by atoms with E-state index in [1.54, 1.807) is 0 Å². The van der Waals surface area contributed by atoms with E-state index in [0.29, 0.717) is 23.7 Å². The molecule has 2 saturated carbocycles. The van der Waals surface area contributed by atoms with Crippen LogP contribution in [0.4, 0.5) is 0 Å². The predicted molar refractivity (Wildman–Crippen MR) is 90.3 cm³/mol. The third-order valence-corrected chi connectivity index (χ3v) is 7.69. The van der Waals surface area contributed by atoms with Crippen molar-refractivity contribution in [1.29, 1.82) is 0 Å². The summed E-state index contributed by atoms with van der Waals surface area (Å²) in [5.41, 5.74) is 1.42. The first-order valence-electron chi connectivity index (χ1n) is 8.92. The number of allylic oxidation sites excluding steroid dienone is 3. The van der Waals surface area contributed by atoms with Crippen LogP contribution < -0.4 is 0 Å². The van der Waals surface area contributed by atoms with Crippen molar-refractivity contribution >= 4 is 0 Å². The lowest BCUT2D eigenvalue weighted by Gasteiger charge is -2.63. The standard InChI is InChI=1S/C20H32O2/c1-6-13-7-8-14-18(12(13)2)15(21)11-16-19(3,4)17(22)9-10-20(14,16)5/h6-7,12,14-18,21-22H,1,8-11H2,2-5H3/t12-,14-,15-,16-,17-,18-,20+/m0/s1. The van der Waals surface area contributed by atoms with Crippen LogP contribution in [0.2, 0.25) is 0 Å². The number of aliphatic hydroxyl groups is 2. The van der Waals surface area contributed by atoms with Gasteiger partial charge in [0.05, 0.1) is 12.2 Å². The van der Waals surface area contributed by atoms with E-state index in [4.69, 9.17) is 0 Å². The second-order valence-electron chi connectivity index (χ2n) is 8.85. The topological polar surface area (TPSA) is 40.5 Å². The lowest BCUT2D eigenvalue weighted by Crippen LogP contribution is -2.60. The highest BCUT2D eigenvalue weighted by Crippen LogP contribution is 2.64. The maximum absolute atomic E-state index is 10.9. The zero-order valence-electron chi connectivity index (χ0n) is 14.5. The minimum atomic E-state index is -0.258. The van der Waals surface area contributed by atoms with Crippen molar-refractivity contribution in [2.24, 2.45) is 34.5 Å². The summed E-state index contributed by atoms with van der Waals surface area (Å²) in [5.74, 6) is 1.64. The van der Waals surface area contributed by atoms with E-state index in [2.05, 4.69) is 40.3 Å². The summed E-state index contributed by atoms with van der Waals surface area (Å²) in [6.45, 7) is 13.0. The Morgan fingerprint density at radius 2 is 1.95 bits per heavy atom. The second-order valence-corrected chi connectivity index (χ2v) is 8.85. The molecule has 2 fully saturated rings. The highest BCUT2D eigenvalue weighted by atomic mass is 16.3. The van der Waals surface area contributed by atoms with E-state index in [1.165, 1.54) is 5.57 Å². The van der Waals surface area contributed by atoms with Crippen LogP contribution in [-0.2, 0) is 0 Å². The van der Waals surface area contributed by atoms with Crippen molar-refractivity contribution in [1.82, 2.24) is 0 Å². The summed E-state index contributed by atoms with van der Waals surface area (Å²) in [6, 6.07) is 0. The Morgan fingerprint density at radius 3 is 2.59 bits per heavy atom. The van der Waals surface area contributed by atoms with Crippen molar-refractivity contribution in [3.05, 3.63) is 24.3 Å². The van der Waals surface area contributed by atoms with E-state index >= 15 is 0 Å². The molecule has 0 aromatic carbocycles. The van der Waals surface area contributed by atoms with Gasteiger partial charge < -0.3 is 10.2 Å². The molecule has 7 atom stereocenters. The molecule has 22 heavy (non-hydrogen) atoms. The number of rotatable bonds is 1. The minimum absolute atomic E-state index is 0.107. The van der Waals surface area contributed by atoms with E-state index in [1.807, 2.05) is 6.08 Å². The molecule has 3 aliphatic carbocycles. The molecule has 3 aliphatic rings. The van der Waals surface area contributed by atoms with Gasteiger partial charge in [0, 0.05) is 0 Å². The molecule has 2 nitrogen and oxygen atoms in total. The highest BCUT2D eigenvalue weighted by Gasteiger charge is 2.60. The molecular weight excluding hydrogens is 272 g/mol. The van der Waals surface area contributed by atoms with Gasteiger partial charge in [0.1, 0.15) is 0 Å². The van der Waals surface area contributed by atoms with Crippen LogP contribution in [0.25, 0.3) is 0 Å². The fraction of sp³-hybridized carbons (Fsp3) is 0.800. The van der Waals surface area contributed by atoms with E-state index in [9.17, 15) is 10.2 Å². The minimum Gasteiger partial charge on any atom is -0.393 e. The third kappa shape index (κ3) is 2.06. The van der Waals surface area contributed by atoms with E-state index in [0.717, 1.165) is 25.7 Å². The zero-order valence-corrected chi connectivity index (χ0v) is 14.5. The molecule has 0 amide bonds. The average Bonchev–Trinajstić information content (AvgIpc) is 2.47. The van der Waals surface area contributed by atoms with Crippen molar-refractivity contribution in [2.75, 3.05) is 0 Å². The third-order valence-electron chi connectivity index (χ3n) is 7.69. The second kappa shape index (κ2) is 5.21. The smallest absolute Gasteiger partial charge is 0.0594 e. The fourth-order valence-corrected chi connectivity index (χ4v) is 6.25. The van der Waals surface area contributed by atoms with Gasteiger partial charge in [0.15, 0.2) is 0 Å². The molecule has 0 spiro atoms. The van der Waals surface area contributed by atoms with E-state index < -0.39 is 0 Å². The summed E-state index contributed by atoms with van der Waals surface area (Å²) >= 11 is 0. The first kappa shape index (κ1) is 16.3. The molecule has 0 saturated heterocycles. The van der Waals surface area contributed by atoms with Crippen LogP contribution in [0.3, 0.4) is 0 Å². The molecule has 0 radical (unpaired) electrons. The normalized spacial score (nSPS) is 50.5. The first-order valence-corrected chi connectivity index (χ1v) is 8.92. The highest BCUT2D eigenvalue weighted by molar-refractivity contribution is 5.26. The molecule has 0 aromatic heterocycles. The summed E-state index contributed by atoms with van der Waals surface area (Å²) in [4.78, 5) is 0. The lowest BCUT2D eigenvalue weighted by molar-refractivity contribution is -0.186. The van der Waals surface area contributed by atoms with Crippen LogP contribution in [0.5, 0.6) is 0 Å². The van der Waals surface area contributed by atoms with Crippen LogP contribution in [0.15, 0.2) is 24.3 Å². The van der Waals surface area contributed by atoms with Crippen molar-refractivity contribution in [3.8, 4) is 0 Å². The summed E-state index contributed by atoms with van der Waals surface area (Å²) in [7, 11) is 0. The van der Waals surface area contributed by atoms with Gasteiger partial charge in [-0.05, 0) is 65.8 Å². The van der Waals surface area contributed by atoms with Crippen LogP contribution in [-0.4, -0.2) is 22.4 Å². The molecule has 3 rings (SSSR count). The van der Waals surface area contributed by atoms with Gasteiger partial charge in [-0.2, -0.15) is 0 Å². The van der Waals surface area contributed by atoms with E-state index in [-0.39, 0.29) is 23.0 Å². The lowest BCUT2D eigenvalue weighted by atomic mass is 9.43. The molecule has 0 heterocycles. The Bertz CT molecular complexity index is 492. The van der Waals surface area contributed by atoms with Gasteiger partial charge in [-0.15, -0.1) is 0 Å². The fourth-order valence-electron chi connectivity index (χ4n) is 6.25. The van der Waals surface area contributed by atoms with Crippen molar-refractivity contribution in [3.63, 3.8) is 0 Å². The first-order chi connectivity index (χ1) is 10.2. The summed E-state index contributed by atoms with van der Waals surface area (Å²) < 4.78 is 0. The molecule has 0 aromatic rings. The Kier molecular flexibility index (Phi) is 3.85. The van der Waals surface area contributed by atoms with Gasteiger partial charge in [0.25, 0.3) is 0 Å². The number of hydrogen-bond acceptors (Lipinski definition) is 2. The molecule has 0 aliphatic heterocycles. The Balaban J connectivity index is 2.02. The molecule has 124 valence electrons. The monoisotopic (exact) mass is 304 g/mol. The van der Waals surface area contributed by atoms with Gasteiger partial charge in [-0.1, -0.05) is 46.4 Å². The zero-order chi connectivity index (χ0) is 16.3. The van der Waals surface area contributed by atoms with Crippen LogP contribution in [0, 0.1) is 34.5 Å². The van der Waals surface area contributed by atoms with Crippen LogP contribution >= 0.6 is 0 Å².